The van der Waals surface area contributed by atoms with E-state index in [0.717, 1.165) is 40.5 Å². The molecule has 9 heteroatoms. The third-order valence-electron chi connectivity index (χ3n) is 5.02. The van der Waals surface area contributed by atoms with E-state index in [1.807, 2.05) is 43.7 Å². The summed E-state index contributed by atoms with van der Waals surface area (Å²) in [7, 11) is -3.60. The molecule has 2 N–H and O–H groups in total. The van der Waals surface area contributed by atoms with Crippen LogP contribution in [0.3, 0.4) is 0 Å². The molecule has 7 nitrogen and oxygen atoms in total. The van der Waals surface area contributed by atoms with Gasteiger partial charge < -0.3 is 9.88 Å². The minimum atomic E-state index is -3.60. The molecule has 3 aromatic rings. The second-order valence-electron chi connectivity index (χ2n) is 7.45. The van der Waals surface area contributed by atoms with E-state index in [9.17, 15) is 13.2 Å². The summed E-state index contributed by atoms with van der Waals surface area (Å²) in [5, 5.41) is 5.82. The van der Waals surface area contributed by atoms with Crippen LogP contribution in [-0.4, -0.2) is 30.4 Å². The summed E-state index contributed by atoms with van der Waals surface area (Å²) < 4.78 is 29.4. The summed E-state index contributed by atoms with van der Waals surface area (Å²) in [5.41, 5.74) is 4.30. The van der Waals surface area contributed by atoms with Crippen LogP contribution in [0, 0.1) is 20.8 Å². The van der Waals surface area contributed by atoms with E-state index in [4.69, 9.17) is 0 Å². The van der Waals surface area contributed by atoms with Gasteiger partial charge in [-0.1, -0.05) is 19.4 Å². The topological polar surface area (TPSA) is 93.1 Å². The number of sulfonamides is 1. The zero-order valence-corrected chi connectivity index (χ0v) is 19.9. The van der Waals surface area contributed by atoms with Crippen LogP contribution >= 0.6 is 11.3 Å². The van der Waals surface area contributed by atoms with Crippen LogP contribution in [0.5, 0.6) is 0 Å². The third kappa shape index (κ3) is 5.61. The van der Waals surface area contributed by atoms with Crippen molar-refractivity contribution in [3.05, 3.63) is 52.1 Å². The summed E-state index contributed by atoms with van der Waals surface area (Å²) in [4.78, 5) is 17.4. The molecule has 0 radical (unpaired) electrons. The van der Waals surface area contributed by atoms with E-state index in [1.165, 1.54) is 12.1 Å². The molecule has 0 aliphatic carbocycles. The number of carbonyl (C=O) groups is 1. The molecule has 0 saturated carbocycles. The van der Waals surface area contributed by atoms with Crippen LogP contribution in [0.25, 0.3) is 11.3 Å². The molecule has 2 aromatic heterocycles. The summed E-state index contributed by atoms with van der Waals surface area (Å²) in [6.45, 7) is 8.42. The van der Waals surface area contributed by atoms with Crippen molar-refractivity contribution >= 4 is 33.0 Å². The maximum Gasteiger partial charge on any atom is 0.244 e. The van der Waals surface area contributed by atoms with Crippen LogP contribution < -0.4 is 10.0 Å². The van der Waals surface area contributed by atoms with Crippen LogP contribution in [0.4, 0.5) is 5.69 Å². The molecule has 0 unspecified atom stereocenters. The number of hydrogen-bond acceptors (Lipinski definition) is 5. The molecule has 3 rings (SSSR count). The van der Waals surface area contributed by atoms with Crippen molar-refractivity contribution in [1.82, 2.24) is 14.3 Å². The highest BCUT2D eigenvalue weighted by Crippen LogP contribution is 2.28. The summed E-state index contributed by atoms with van der Waals surface area (Å²) in [6, 6.07) is 8.34. The Bertz CT molecular complexity index is 1180. The zero-order chi connectivity index (χ0) is 22.6. The van der Waals surface area contributed by atoms with Crippen molar-refractivity contribution < 1.29 is 13.2 Å². The van der Waals surface area contributed by atoms with Crippen molar-refractivity contribution in [3.63, 3.8) is 0 Å². The standard InChI is InChI=1S/C22H28N4O3S2/c1-5-6-10-23-31(28,29)19-9-7-8-18(12-19)25-22(27)13-26-15(2)11-20(16(26)3)21-14-30-17(4)24-21/h7-9,11-12,14,23H,5-6,10,13H2,1-4H3,(H,25,27). The van der Waals surface area contributed by atoms with E-state index >= 15 is 0 Å². The van der Waals surface area contributed by atoms with Gasteiger partial charge in [-0.2, -0.15) is 0 Å². The number of aryl methyl sites for hydroxylation is 2. The first-order valence-electron chi connectivity index (χ1n) is 10.2. The minimum absolute atomic E-state index is 0.131. The molecular weight excluding hydrogens is 432 g/mol. The molecule has 2 heterocycles. The highest BCUT2D eigenvalue weighted by atomic mass is 32.2. The van der Waals surface area contributed by atoms with Gasteiger partial charge in [0.15, 0.2) is 0 Å². The molecule has 0 spiro atoms. The van der Waals surface area contributed by atoms with Crippen molar-refractivity contribution in [1.29, 1.82) is 0 Å². The molecule has 1 aromatic carbocycles. The highest BCUT2D eigenvalue weighted by Gasteiger charge is 2.17. The lowest BCUT2D eigenvalue weighted by Gasteiger charge is -2.12. The lowest BCUT2D eigenvalue weighted by atomic mass is 10.2. The highest BCUT2D eigenvalue weighted by molar-refractivity contribution is 7.89. The van der Waals surface area contributed by atoms with Gasteiger partial charge in [-0.15, -0.1) is 11.3 Å². The number of rotatable bonds is 9. The first kappa shape index (κ1) is 23.2. The van der Waals surface area contributed by atoms with E-state index in [0.29, 0.717) is 12.2 Å². The Hall–Kier alpha value is -2.49. The van der Waals surface area contributed by atoms with E-state index in [1.54, 1.807) is 23.5 Å². The van der Waals surface area contributed by atoms with Crippen molar-refractivity contribution in [2.24, 2.45) is 0 Å². The first-order chi connectivity index (χ1) is 14.7. The largest absolute Gasteiger partial charge is 0.339 e. The van der Waals surface area contributed by atoms with Gasteiger partial charge in [0.05, 0.1) is 15.6 Å². The summed E-state index contributed by atoms with van der Waals surface area (Å²) in [5.74, 6) is -0.226. The van der Waals surface area contributed by atoms with Gasteiger partial charge in [0.25, 0.3) is 0 Å². The van der Waals surface area contributed by atoms with Crippen molar-refractivity contribution in [3.8, 4) is 11.3 Å². The van der Waals surface area contributed by atoms with Gasteiger partial charge in [0.1, 0.15) is 6.54 Å². The monoisotopic (exact) mass is 460 g/mol. The fraction of sp³-hybridized carbons (Fsp3) is 0.364. The van der Waals surface area contributed by atoms with Gasteiger partial charge in [0.2, 0.25) is 15.9 Å². The molecule has 0 saturated heterocycles. The van der Waals surface area contributed by atoms with Crippen LogP contribution in [0.15, 0.2) is 40.6 Å². The Labute approximate surface area is 187 Å². The predicted octanol–water partition coefficient (Wildman–Crippen LogP) is 4.25. The van der Waals surface area contributed by atoms with Gasteiger partial charge in [-0.05, 0) is 51.5 Å². The normalized spacial score (nSPS) is 11.6. The number of nitrogens with one attached hydrogen (secondary N) is 2. The number of hydrogen-bond donors (Lipinski definition) is 2. The number of amides is 1. The fourth-order valence-corrected chi connectivity index (χ4v) is 5.08. The number of aromatic nitrogens is 2. The molecule has 0 fully saturated rings. The molecule has 31 heavy (non-hydrogen) atoms. The number of unbranched alkanes of at least 4 members (excludes halogenated alkanes) is 1. The molecule has 166 valence electrons. The summed E-state index contributed by atoms with van der Waals surface area (Å²) in [6.07, 6.45) is 1.67. The maximum absolute atomic E-state index is 12.7. The molecule has 0 bridgehead atoms. The van der Waals surface area contributed by atoms with Crippen LogP contribution in [0.1, 0.15) is 36.2 Å². The fourth-order valence-electron chi connectivity index (χ4n) is 3.34. The van der Waals surface area contributed by atoms with E-state index in [-0.39, 0.29) is 17.3 Å². The van der Waals surface area contributed by atoms with Crippen LogP contribution in [0.2, 0.25) is 0 Å². The third-order valence-corrected chi connectivity index (χ3v) is 7.25. The maximum atomic E-state index is 12.7. The predicted molar refractivity (Wildman–Crippen MR) is 125 cm³/mol. The minimum Gasteiger partial charge on any atom is -0.339 e. The van der Waals surface area contributed by atoms with Crippen LogP contribution in [-0.2, 0) is 21.4 Å². The van der Waals surface area contributed by atoms with E-state index < -0.39 is 10.0 Å². The smallest absolute Gasteiger partial charge is 0.244 e. The molecular formula is C22H28N4O3S2. The van der Waals surface area contributed by atoms with Gasteiger partial charge >= 0.3 is 0 Å². The number of anilines is 1. The van der Waals surface area contributed by atoms with Crippen molar-refractivity contribution in [2.75, 3.05) is 11.9 Å². The second kappa shape index (κ2) is 9.76. The first-order valence-corrected chi connectivity index (χ1v) is 12.6. The van der Waals surface area contributed by atoms with Gasteiger partial charge in [0, 0.05) is 34.6 Å². The Kier molecular flexibility index (Phi) is 7.30. The SMILES string of the molecule is CCCCNS(=O)(=O)c1cccc(NC(=O)Cn2c(C)cc(-c3csc(C)n3)c2C)c1. The quantitative estimate of drug-likeness (QED) is 0.467. The van der Waals surface area contributed by atoms with E-state index in [2.05, 4.69) is 15.0 Å². The number of benzene rings is 1. The Morgan fingerprint density at radius 2 is 1.97 bits per heavy atom. The Balaban J connectivity index is 1.73. The Morgan fingerprint density at radius 3 is 2.65 bits per heavy atom. The number of nitrogens with zero attached hydrogens (tertiary/aromatic N) is 2. The lowest BCUT2D eigenvalue weighted by molar-refractivity contribution is -0.116. The molecule has 1 amide bonds. The number of thiazole rings is 1. The molecule has 0 aliphatic heterocycles. The zero-order valence-electron chi connectivity index (χ0n) is 18.2. The number of carbonyl (C=O) groups excluding carboxylic acids is 1. The second-order valence-corrected chi connectivity index (χ2v) is 10.3. The average Bonchev–Trinajstić information content (AvgIpc) is 3.26. The summed E-state index contributed by atoms with van der Waals surface area (Å²) >= 11 is 1.59. The lowest BCUT2D eigenvalue weighted by Crippen LogP contribution is -2.25. The van der Waals surface area contributed by atoms with Gasteiger partial charge in [-0.3, -0.25) is 4.79 Å². The van der Waals surface area contributed by atoms with Crippen molar-refractivity contribution in [2.45, 2.75) is 52.0 Å². The molecule has 0 atom stereocenters. The van der Waals surface area contributed by atoms with Gasteiger partial charge in [-0.25, -0.2) is 18.1 Å². The Morgan fingerprint density at radius 1 is 1.19 bits per heavy atom. The average molecular weight is 461 g/mol. The molecule has 0 aliphatic rings.